The smallest absolute Gasteiger partial charge is 0.382 e. The largest absolute Gasteiger partial charge is 0.415 e. The average molecular weight is 182 g/mol. The molecule has 0 saturated carbocycles. The molecule has 0 unspecified atom stereocenters. The van der Waals surface area contributed by atoms with Crippen LogP contribution in [0, 0.1) is 0 Å². The van der Waals surface area contributed by atoms with E-state index in [1.165, 1.54) is 6.92 Å². The van der Waals surface area contributed by atoms with E-state index in [0.29, 0.717) is 0 Å². The van der Waals surface area contributed by atoms with Crippen molar-refractivity contribution in [3.8, 4) is 0 Å². The summed E-state index contributed by atoms with van der Waals surface area (Å²) in [7, 11) is 0. The molecule has 0 aromatic heterocycles. The van der Waals surface area contributed by atoms with Gasteiger partial charge in [-0.15, -0.1) is 0 Å². The van der Waals surface area contributed by atoms with E-state index < -0.39 is 17.9 Å². The Morgan fingerprint density at radius 3 is 2.46 bits per heavy atom. The summed E-state index contributed by atoms with van der Waals surface area (Å²) in [6.45, 7) is 4.47. The lowest BCUT2D eigenvalue weighted by Crippen LogP contribution is -2.07. The number of esters is 3. The van der Waals surface area contributed by atoms with E-state index in [1.54, 1.807) is 0 Å². The molecule has 0 radical (unpaired) electrons. The zero-order chi connectivity index (χ0) is 10.0. The van der Waals surface area contributed by atoms with E-state index in [1.807, 2.05) is 0 Å². The minimum absolute atomic E-state index is 0.0137. The van der Waals surface area contributed by atoms with E-state index in [4.69, 9.17) is 0 Å². The van der Waals surface area contributed by atoms with Gasteiger partial charge in [-0.2, -0.15) is 0 Å². The van der Waals surface area contributed by atoms with Crippen LogP contribution in [0.5, 0.6) is 0 Å². The van der Waals surface area contributed by atoms with Crippen LogP contribution in [0.1, 0.15) is 6.92 Å². The summed E-state index contributed by atoms with van der Waals surface area (Å²) in [5.41, 5.74) is -0.0137. The minimum atomic E-state index is -0.947. The summed E-state index contributed by atoms with van der Waals surface area (Å²) < 4.78 is 8.65. The lowest BCUT2D eigenvalue weighted by atomic mass is 10.3. The van der Waals surface area contributed by atoms with Crippen LogP contribution in [-0.2, 0) is 23.9 Å². The van der Waals surface area contributed by atoms with Gasteiger partial charge in [0.05, 0.1) is 5.57 Å². The molecule has 0 aromatic rings. The van der Waals surface area contributed by atoms with E-state index in [0.717, 1.165) is 6.08 Å². The topological polar surface area (TPSA) is 69.7 Å². The van der Waals surface area contributed by atoms with Crippen LogP contribution in [0.3, 0.4) is 0 Å². The molecule has 1 aliphatic rings. The standard InChI is InChI=1S/C8H6O5/c1-3-5(9)12-6-4(2)7(10)13-8(6)11/h3H,1H2,2H3. The summed E-state index contributed by atoms with van der Waals surface area (Å²) in [6.07, 6.45) is 0.885. The molecular weight excluding hydrogens is 176 g/mol. The molecule has 1 aliphatic heterocycles. The van der Waals surface area contributed by atoms with Gasteiger partial charge < -0.3 is 9.47 Å². The lowest BCUT2D eigenvalue weighted by Gasteiger charge is -1.97. The Morgan fingerprint density at radius 2 is 2.08 bits per heavy atom. The number of ether oxygens (including phenoxy) is 2. The second-order valence-corrected chi connectivity index (χ2v) is 2.26. The van der Waals surface area contributed by atoms with Gasteiger partial charge >= 0.3 is 17.9 Å². The van der Waals surface area contributed by atoms with E-state index in [-0.39, 0.29) is 11.3 Å². The van der Waals surface area contributed by atoms with Crippen LogP contribution in [0.2, 0.25) is 0 Å². The van der Waals surface area contributed by atoms with Crippen molar-refractivity contribution in [2.75, 3.05) is 0 Å². The molecule has 0 aromatic carbocycles. The van der Waals surface area contributed by atoms with Gasteiger partial charge in [-0.3, -0.25) is 0 Å². The highest BCUT2D eigenvalue weighted by Crippen LogP contribution is 2.17. The number of carbonyl (C=O) groups is 3. The molecule has 68 valence electrons. The molecule has 5 heteroatoms. The Balaban J connectivity index is 2.90. The highest BCUT2D eigenvalue weighted by atomic mass is 16.6. The molecule has 0 bridgehead atoms. The third kappa shape index (κ3) is 1.64. The Hall–Kier alpha value is -1.91. The van der Waals surface area contributed by atoms with Crippen LogP contribution < -0.4 is 0 Å². The molecule has 0 N–H and O–H groups in total. The highest BCUT2D eigenvalue weighted by molar-refractivity contribution is 6.11. The van der Waals surface area contributed by atoms with Gasteiger partial charge in [-0.05, 0) is 6.92 Å². The zero-order valence-electron chi connectivity index (χ0n) is 6.83. The van der Waals surface area contributed by atoms with Crippen molar-refractivity contribution in [1.29, 1.82) is 0 Å². The van der Waals surface area contributed by atoms with Gasteiger partial charge in [0.1, 0.15) is 0 Å². The molecule has 0 aliphatic carbocycles. The summed E-state index contributed by atoms with van der Waals surface area (Å²) >= 11 is 0. The van der Waals surface area contributed by atoms with Gasteiger partial charge in [-0.25, -0.2) is 14.4 Å². The third-order valence-corrected chi connectivity index (χ3v) is 1.39. The first-order valence-corrected chi connectivity index (χ1v) is 3.38. The van der Waals surface area contributed by atoms with Crippen LogP contribution in [-0.4, -0.2) is 17.9 Å². The van der Waals surface area contributed by atoms with Crippen molar-refractivity contribution in [2.24, 2.45) is 0 Å². The molecule has 0 spiro atoms. The number of hydrogen-bond donors (Lipinski definition) is 0. The first-order chi connectivity index (χ1) is 6.06. The summed E-state index contributed by atoms with van der Waals surface area (Å²) in [5, 5.41) is 0. The fraction of sp³-hybridized carbons (Fsp3) is 0.125. The van der Waals surface area contributed by atoms with Crippen LogP contribution in [0.15, 0.2) is 24.0 Å². The zero-order valence-corrected chi connectivity index (χ0v) is 6.83. The third-order valence-electron chi connectivity index (χ3n) is 1.39. The summed E-state index contributed by atoms with van der Waals surface area (Å²) in [5.74, 6) is -2.91. The van der Waals surface area contributed by atoms with E-state index >= 15 is 0 Å². The maximum Gasteiger partial charge on any atom is 0.382 e. The molecule has 13 heavy (non-hydrogen) atoms. The van der Waals surface area contributed by atoms with Crippen LogP contribution >= 0.6 is 0 Å². The minimum Gasteiger partial charge on any atom is -0.415 e. The molecule has 1 rings (SSSR count). The Kier molecular flexibility index (Phi) is 2.27. The van der Waals surface area contributed by atoms with Crippen molar-refractivity contribution in [3.63, 3.8) is 0 Å². The quantitative estimate of drug-likeness (QED) is 0.343. The Morgan fingerprint density at radius 1 is 1.46 bits per heavy atom. The lowest BCUT2D eigenvalue weighted by molar-refractivity contribution is -0.154. The normalized spacial score (nSPS) is 15.8. The second-order valence-electron chi connectivity index (χ2n) is 2.26. The number of cyclic esters (lactones) is 2. The molecule has 0 fully saturated rings. The fourth-order valence-electron chi connectivity index (χ4n) is 0.713. The summed E-state index contributed by atoms with van der Waals surface area (Å²) in [4.78, 5) is 32.3. The van der Waals surface area contributed by atoms with Crippen molar-refractivity contribution < 1.29 is 23.9 Å². The van der Waals surface area contributed by atoms with Crippen molar-refractivity contribution >= 4 is 17.9 Å². The molecule has 0 amide bonds. The first-order valence-electron chi connectivity index (χ1n) is 3.38. The van der Waals surface area contributed by atoms with E-state index in [2.05, 4.69) is 16.1 Å². The molecule has 1 heterocycles. The van der Waals surface area contributed by atoms with Crippen molar-refractivity contribution in [3.05, 3.63) is 24.0 Å². The monoisotopic (exact) mass is 182 g/mol. The maximum atomic E-state index is 10.8. The molecule has 5 nitrogen and oxygen atoms in total. The van der Waals surface area contributed by atoms with Gasteiger partial charge in [-0.1, -0.05) is 6.58 Å². The SMILES string of the molecule is C=CC(=O)OC1=C(C)C(=O)OC1=O. The maximum absolute atomic E-state index is 10.8. The molecule has 0 saturated heterocycles. The Bertz CT molecular complexity index is 336. The van der Waals surface area contributed by atoms with Crippen LogP contribution in [0.25, 0.3) is 0 Å². The summed E-state index contributed by atoms with van der Waals surface area (Å²) in [6, 6.07) is 0. The predicted octanol–water partition coefficient (Wildman–Crippen LogP) is 0.0730. The Labute approximate surface area is 73.6 Å². The van der Waals surface area contributed by atoms with E-state index in [9.17, 15) is 14.4 Å². The second kappa shape index (κ2) is 3.22. The predicted molar refractivity (Wildman–Crippen MR) is 40.1 cm³/mol. The van der Waals surface area contributed by atoms with Gasteiger partial charge in [0, 0.05) is 6.08 Å². The highest BCUT2D eigenvalue weighted by Gasteiger charge is 2.32. The van der Waals surface area contributed by atoms with Gasteiger partial charge in [0.15, 0.2) is 0 Å². The van der Waals surface area contributed by atoms with Crippen molar-refractivity contribution in [2.45, 2.75) is 6.92 Å². The number of rotatable bonds is 2. The molecular formula is C8H6O5. The van der Waals surface area contributed by atoms with Gasteiger partial charge in [0.2, 0.25) is 5.76 Å². The van der Waals surface area contributed by atoms with Crippen LogP contribution in [0.4, 0.5) is 0 Å². The van der Waals surface area contributed by atoms with Crippen molar-refractivity contribution in [1.82, 2.24) is 0 Å². The fourth-order valence-corrected chi connectivity index (χ4v) is 0.713. The number of hydrogen-bond acceptors (Lipinski definition) is 5. The van der Waals surface area contributed by atoms with Gasteiger partial charge in [0.25, 0.3) is 0 Å². The molecule has 0 atom stereocenters. The average Bonchev–Trinajstić information content (AvgIpc) is 2.32. The number of carbonyl (C=O) groups excluding carboxylic acids is 3. The first kappa shape index (κ1) is 9.18.